The zero-order chi connectivity index (χ0) is 17.2. The fourth-order valence-electron chi connectivity index (χ4n) is 2.86. The highest BCUT2D eigenvalue weighted by Crippen LogP contribution is 2.26. The molecule has 0 amide bonds. The molecule has 0 bridgehead atoms. The summed E-state index contributed by atoms with van der Waals surface area (Å²) in [6.45, 7) is 7.32. The molecule has 6 nitrogen and oxygen atoms in total. The summed E-state index contributed by atoms with van der Waals surface area (Å²) in [5.41, 5.74) is 1.23. The Hall–Kier alpha value is -1.22. The van der Waals surface area contributed by atoms with Crippen LogP contribution in [-0.2, 0) is 4.74 Å². The SMILES string of the molecule is CCNC(=NCC1CCN(c2cccc(OC)c2)C1)NCCOC.I. The van der Waals surface area contributed by atoms with Gasteiger partial charge in [0.1, 0.15) is 5.75 Å². The molecule has 1 aromatic carbocycles. The predicted molar refractivity (Wildman–Crippen MR) is 115 cm³/mol. The van der Waals surface area contributed by atoms with Crippen molar-refractivity contribution in [1.82, 2.24) is 10.6 Å². The second-order valence-corrected chi connectivity index (χ2v) is 5.94. The molecule has 0 aliphatic carbocycles. The molecule has 1 unspecified atom stereocenters. The third kappa shape index (κ3) is 7.27. The maximum atomic E-state index is 5.32. The average molecular weight is 462 g/mol. The van der Waals surface area contributed by atoms with E-state index in [1.54, 1.807) is 14.2 Å². The zero-order valence-corrected chi connectivity index (χ0v) is 17.8. The molecular weight excluding hydrogens is 431 g/mol. The number of hydrogen-bond donors (Lipinski definition) is 2. The molecule has 1 aliphatic rings. The van der Waals surface area contributed by atoms with Gasteiger partial charge < -0.3 is 25.0 Å². The second-order valence-electron chi connectivity index (χ2n) is 5.94. The van der Waals surface area contributed by atoms with Gasteiger partial charge in [-0.15, -0.1) is 24.0 Å². The number of ether oxygens (including phenoxy) is 2. The van der Waals surface area contributed by atoms with Gasteiger partial charge in [0.05, 0.1) is 13.7 Å². The number of aliphatic imine (C=N–C) groups is 1. The van der Waals surface area contributed by atoms with Gasteiger partial charge in [0.2, 0.25) is 0 Å². The highest BCUT2D eigenvalue weighted by Gasteiger charge is 2.22. The van der Waals surface area contributed by atoms with Crippen molar-refractivity contribution >= 4 is 35.6 Å². The number of hydrogen-bond acceptors (Lipinski definition) is 4. The molecule has 2 N–H and O–H groups in total. The minimum absolute atomic E-state index is 0. The Morgan fingerprint density at radius 2 is 2.16 bits per heavy atom. The molecule has 1 fully saturated rings. The standard InChI is InChI=1S/C18H30N4O2.HI/c1-4-19-18(20-9-11-23-2)21-13-15-8-10-22(14-15)16-6-5-7-17(12-16)24-3;/h5-7,12,15H,4,8-11,13-14H2,1-3H3,(H2,19,20,21);1H. The van der Waals surface area contributed by atoms with Crippen molar-refractivity contribution in [3.63, 3.8) is 0 Å². The summed E-state index contributed by atoms with van der Waals surface area (Å²) in [6.07, 6.45) is 1.16. The monoisotopic (exact) mass is 462 g/mol. The molecule has 0 saturated carbocycles. The number of methoxy groups -OCH3 is 2. The van der Waals surface area contributed by atoms with Crippen LogP contribution in [0.1, 0.15) is 13.3 Å². The first-order valence-corrected chi connectivity index (χ1v) is 8.67. The average Bonchev–Trinajstić information content (AvgIpc) is 3.09. The Balaban J connectivity index is 0.00000312. The van der Waals surface area contributed by atoms with Crippen molar-refractivity contribution in [2.45, 2.75) is 13.3 Å². The molecule has 1 atom stereocenters. The first-order chi connectivity index (χ1) is 11.8. The normalized spacial score (nSPS) is 17.2. The molecule has 0 radical (unpaired) electrons. The van der Waals surface area contributed by atoms with E-state index in [1.807, 2.05) is 12.1 Å². The van der Waals surface area contributed by atoms with Crippen LogP contribution in [0.25, 0.3) is 0 Å². The van der Waals surface area contributed by atoms with Crippen LogP contribution in [-0.4, -0.2) is 59.5 Å². The van der Waals surface area contributed by atoms with E-state index >= 15 is 0 Å². The van der Waals surface area contributed by atoms with Crippen LogP contribution in [0.5, 0.6) is 5.75 Å². The van der Waals surface area contributed by atoms with Gasteiger partial charge in [-0.05, 0) is 31.4 Å². The maximum absolute atomic E-state index is 5.32. The van der Waals surface area contributed by atoms with E-state index in [1.165, 1.54) is 5.69 Å². The number of guanidine groups is 1. The summed E-state index contributed by atoms with van der Waals surface area (Å²) >= 11 is 0. The molecule has 7 heteroatoms. The number of benzene rings is 1. The van der Waals surface area contributed by atoms with Crippen molar-refractivity contribution in [1.29, 1.82) is 0 Å². The van der Waals surface area contributed by atoms with Crippen LogP contribution in [0.15, 0.2) is 29.3 Å². The molecule has 0 aromatic heterocycles. The second kappa shape index (κ2) is 12.2. The highest BCUT2D eigenvalue weighted by atomic mass is 127. The molecule has 142 valence electrons. The van der Waals surface area contributed by atoms with Gasteiger partial charge in [-0.1, -0.05) is 6.07 Å². The Morgan fingerprint density at radius 1 is 1.32 bits per heavy atom. The van der Waals surface area contributed by atoms with Crippen LogP contribution in [0, 0.1) is 5.92 Å². The quantitative estimate of drug-likeness (QED) is 0.269. The van der Waals surface area contributed by atoms with Crippen LogP contribution < -0.4 is 20.3 Å². The maximum Gasteiger partial charge on any atom is 0.191 e. The van der Waals surface area contributed by atoms with Crippen LogP contribution in [0.3, 0.4) is 0 Å². The molecule has 1 saturated heterocycles. The zero-order valence-electron chi connectivity index (χ0n) is 15.5. The lowest BCUT2D eigenvalue weighted by Gasteiger charge is -2.19. The number of halogens is 1. The van der Waals surface area contributed by atoms with E-state index in [-0.39, 0.29) is 24.0 Å². The van der Waals surface area contributed by atoms with E-state index in [0.29, 0.717) is 12.5 Å². The lowest BCUT2D eigenvalue weighted by Crippen LogP contribution is -2.39. The van der Waals surface area contributed by atoms with Gasteiger partial charge in [0, 0.05) is 51.6 Å². The van der Waals surface area contributed by atoms with Gasteiger partial charge >= 0.3 is 0 Å². The minimum Gasteiger partial charge on any atom is -0.497 e. The molecule has 1 aliphatic heterocycles. The largest absolute Gasteiger partial charge is 0.497 e. The molecule has 0 spiro atoms. The Kier molecular flexibility index (Phi) is 10.6. The molecular formula is C18H31IN4O2. The first kappa shape index (κ1) is 21.8. The van der Waals surface area contributed by atoms with Crippen molar-refractivity contribution in [2.75, 3.05) is 58.5 Å². The summed E-state index contributed by atoms with van der Waals surface area (Å²) in [5, 5.41) is 6.56. The van der Waals surface area contributed by atoms with Crippen molar-refractivity contribution in [3.05, 3.63) is 24.3 Å². The number of rotatable bonds is 8. The highest BCUT2D eigenvalue weighted by molar-refractivity contribution is 14.0. The minimum atomic E-state index is 0. The summed E-state index contributed by atoms with van der Waals surface area (Å²) in [6, 6.07) is 8.27. The van der Waals surface area contributed by atoms with Crippen molar-refractivity contribution in [3.8, 4) is 5.75 Å². The Morgan fingerprint density at radius 3 is 2.88 bits per heavy atom. The smallest absolute Gasteiger partial charge is 0.191 e. The van der Waals surface area contributed by atoms with Crippen molar-refractivity contribution in [2.24, 2.45) is 10.9 Å². The molecule has 1 heterocycles. The molecule has 25 heavy (non-hydrogen) atoms. The summed E-state index contributed by atoms with van der Waals surface area (Å²) in [4.78, 5) is 7.13. The van der Waals surface area contributed by atoms with E-state index in [4.69, 9.17) is 14.5 Å². The summed E-state index contributed by atoms with van der Waals surface area (Å²) in [5.74, 6) is 2.36. The lowest BCUT2D eigenvalue weighted by molar-refractivity contribution is 0.203. The van der Waals surface area contributed by atoms with Crippen LogP contribution >= 0.6 is 24.0 Å². The fourth-order valence-corrected chi connectivity index (χ4v) is 2.86. The van der Waals surface area contributed by atoms with E-state index in [9.17, 15) is 0 Å². The topological polar surface area (TPSA) is 58.1 Å². The third-order valence-corrected chi connectivity index (χ3v) is 4.15. The number of anilines is 1. The van der Waals surface area contributed by atoms with E-state index < -0.39 is 0 Å². The number of nitrogens with zero attached hydrogens (tertiary/aromatic N) is 2. The lowest BCUT2D eigenvalue weighted by atomic mass is 10.1. The molecule has 1 aromatic rings. The fraction of sp³-hybridized carbons (Fsp3) is 0.611. The Bertz CT molecular complexity index is 528. The van der Waals surface area contributed by atoms with Gasteiger partial charge in [-0.25, -0.2) is 0 Å². The first-order valence-electron chi connectivity index (χ1n) is 8.67. The van der Waals surface area contributed by atoms with Crippen LogP contribution in [0.4, 0.5) is 5.69 Å². The Labute approximate surface area is 168 Å². The molecule has 2 rings (SSSR count). The van der Waals surface area contributed by atoms with E-state index in [0.717, 1.165) is 50.9 Å². The van der Waals surface area contributed by atoms with Gasteiger partial charge in [-0.3, -0.25) is 4.99 Å². The van der Waals surface area contributed by atoms with Gasteiger partial charge in [-0.2, -0.15) is 0 Å². The number of nitrogens with one attached hydrogen (secondary N) is 2. The predicted octanol–water partition coefficient (Wildman–Crippen LogP) is 2.34. The van der Waals surface area contributed by atoms with Crippen molar-refractivity contribution < 1.29 is 9.47 Å². The van der Waals surface area contributed by atoms with Gasteiger partial charge in [0.25, 0.3) is 0 Å². The summed E-state index contributed by atoms with van der Waals surface area (Å²) in [7, 11) is 3.41. The summed E-state index contributed by atoms with van der Waals surface area (Å²) < 4.78 is 10.4. The third-order valence-electron chi connectivity index (χ3n) is 4.15. The van der Waals surface area contributed by atoms with Gasteiger partial charge in [0.15, 0.2) is 5.96 Å². The van der Waals surface area contributed by atoms with Crippen LogP contribution in [0.2, 0.25) is 0 Å². The van der Waals surface area contributed by atoms with E-state index in [2.05, 4.69) is 34.6 Å².